The quantitative estimate of drug-likeness (QED) is 0.622. The molecule has 1 aromatic heterocycles. The van der Waals surface area contributed by atoms with Crippen LogP contribution in [0.2, 0.25) is 0 Å². The Bertz CT molecular complexity index is 377. The zero-order valence-electron chi connectivity index (χ0n) is 10.7. The number of likely N-dealkylation sites (tertiary alicyclic amines) is 1. The number of carbonyl (C=O) groups is 1. The van der Waals surface area contributed by atoms with E-state index in [9.17, 15) is 4.79 Å². The van der Waals surface area contributed by atoms with Crippen molar-refractivity contribution in [3.63, 3.8) is 0 Å². The summed E-state index contributed by atoms with van der Waals surface area (Å²) in [5.41, 5.74) is 0. The molecule has 18 heavy (non-hydrogen) atoms. The fourth-order valence-corrected chi connectivity index (χ4v) is 2.91. The summed E-state index contributed by atoms with van der Waals surface area (Å²) >= 11 is 1.44. The maximum absolute atomic E-state index is 12.3. The number of aromatic nitrogens is 2. The van der Waals surface area contributed by atoms with Crippen molar-refractivity contribution in [3.05, 3.63) is 18.5 Å². The molecule has 1 saturated heterocycles. The van der Waals surface area contributed by atoms with Crippen LogP contribution in [0.25, 0.3) is 0 Å². The van der Waals surface area contributed by atoms with Gasteiger partial charge in [0, 0.05) is 25.5 Å². The minimum absolute atomic E-state index is 0.106. The Morgan fingerprint density at radius 3 is 2.44 bits per heavy atom. The van der Waals surface area contributed by atoms with E-state index in [4.69, 9.17) is 0 Å². The molecule has 1 fully saturated rings. The molecule has 0 aliphatic carbocycles. The standard InChI is InChI=1S/C13H19N3OS/c1-11(18-13-14-7-6-8-15-13)12(17)16-9-4-2-3-5-10-16/h6-8,11H,2-5,9-10H2,1H3/t11-/m1/s1. The van der Waals surface area contributed by atoms with Crippen LogP contribution in [0.4, 0.5) is 0 Å². The van der Waals surface area contributed by atoms with Gasteiger partial charge in [-0.05, 0) is 25.8 Å². The highest BCUT2D eigenvalue weighted by molar-refractivity contribution is 8.00. The van der Waals surface area contributed by atoms with Crippen LogP contribution in [0, 0.1) is 0 Å². The van der Waals surface area contributed by atoms with Crippen molar-refractivity contribution in [1.82, 2.24) is 14.9 Å². The van der Waals surface area contributed by atoms with Crippen LogP contribution in [-0.4, -0.2) is 39.1 Å². The van der Waals surface area contributed by atoms with Gasteiger partial charge in [0.15, 0.2) is 5.16 Å². The van der Waals surface area contributed by atoms with E-state index in [2.05, 4.69) is 9.97 Å². The Balaban J connectivity index is 1.91. The van der Waals surface area contributed by atoms with Crippen molar-refractivity contribution in [2.45, 2.75) is 43.0 Å². The van der Waals surface area contributed by atoms with Gasteiger partial charge in [0.2, 0.25) is 5.91 Å². The number of nitrogens with zero attached hydrogens (tertiary/aromatic N) is 3. The van der Waals surface area contributed by atoms with E-state index in [-0.39, 0.29) is 11.2 Å². The average molecular weight is 265 g/mol. The summed E-state index contributed by atoms with van der Waals surface area (Å²) in [6.45, 7) is 3.74. The van der Waals surface area contributed by atoms with Gasteiger partial charge in [-0.25, -0.2) is 9.97 Å². The number of rotatable bonds is 3. The highest BCUT2D eigenvalue weighted by atomic mass is 32.2. The zero-order valence-corrected chi connectivity index (χ0v) is 11.5. The predicted molar refractivity (Wildman–Crippen MR) is 72.4 cm³/mol. The molecule has 0 spiro atoms. The molecule has 2 heterocycles. The van der Waals surface area contributed by atoms with Crippen molar-refractivity contribution in [3.8, 4) is 0 Å². The van der Waals surface area contributed by atoms with Gasteiger partial charge in [0.05, 0.1) is 5.25 Å². The van der Waals surface area contributed by atoms with Gasteiger partial charge < -0.3 is 4.90 Å². The first-order valence-electron chi connectivity index (χ1n) is 6.50. The van der Waals surface area contributed by atoms with E-state index >= 15 is 0 Å². The average Bonchev–Trinajstić information content (AvgIpc) is 2.68. The molecule has 0 bridgehead atoms. The van der Waals surface area contributed by atoms with Crippen LogP contribution < -0.4 is 0 Å². The Labute approximate surface area is 112 Å². The highest BCUT2D eigenvalue weighted by Gasteiger charge is 2.22. The van der Waals surface area contributed by atoms with Crippen LogP contribution in [0.1, 0.15) is 32.6 Å². The fraction of sp³-hybridized carbons (Fsp3) is 0.615. The smallest absolute Gasteiger partial charge is 0.235 e. The van der Waals surface area contributed by atoms with E-state index in [0.29, 0.717) is 5.16 Å². The van der Waals surface area contributed by atoms with Crippen molar-refractivity contribution in [1.29, 1.82) is 0 Å². The first-order chi connectivity index (χ1) is 8.77. The summed E-state index contributed by atoms with van der Waals surface area (Å²) in [5.74, 6) is 0.217. The van der Waals surface area contributed by atoms with Gasteiger partial charge in [0.1, 0.15) is 0 Å². The van der Waals surface area contributed by atoms with Gasteiger partial charge in [-0.2, -0.15) is 0 Å². The molecule has 4 nitrogen and oxygen atoms in total. The largest absolute Gasteiger partial charge is 0.342 e. The third-order valence-corrected chi connectivity index (χ3v) is 4.07. The molecule has 0 aromatic carbocycles. The Morgan fingerprint density at radius 2 is 1.83 bits per heavy atom. The van der Waals surface area contributed by atoms with Crippen molar-refractivity contribution in [2.75, 3.05) is 13.1 Å². The van der Waals surface area contributed by atoms with Crippen molar-refractivity contribution in [2.24, 2.45) is 0 Å². The molecular formula is C13H19N3OS. The van der Waals surface area contributed by atoms with Gasteiger partial charge >= 0.3 is 0 Å². The second-order valence-electron chi connectivity index (χ2n) is 4.53. The summed E-state index contributed by atoms with van der Waals surface area (Å²) in [7, 11) is 0. The number of hydrogen-bond acceptors (Lipinski definition) is 4. The lowest BCUT2D eigenvalue weighted by molar-refractivity contribution is -0.130. The highest BCUT2D eigenvalue weighted by Crippen LogP contribution is 2.21. The molecule has 0 unspecified atom stereocenters. The van der Waals surface area contributed by atoms with Crippen LogP contribution in [0.15, 0.2) is 23.6 Å². The fourth-order valence-electron chi connectivity index (χ4n) is 2.10. The van der Waals surface area contributed by atoms with Crippen LogP contribution in [0.3, 0.4) is 0 Å². The van der Waals surface area contributed by atoms with Gasteiger partial charge in [-0.1, -0.05) is 24.6 Å². The molecule has 5 heteroatoms. The van der Waals surface area contributed by atoms with Crippen molar-refractivity contribution < 1.29 is 4.79 Å². The predicted octanol–water partition coefficient (Wildman–Crippen LogP) is 2.36. The maximum Gasteiger partial charge on any atom is 0.235 e. The summed E-state index contributed by atoms with van der Waals surface area (Å²) in [6, 6.07) is 1.78. The summed E-state index contributed by atoms with van der Waals surface area (Å²) in [5, 5.41) is 0.568. The van der Waals surface area contributed by atoms with E-state index in [0.717, 1.165) is 25.9 Å². The number of hydrogen-bond donors (Lipinski definition) is 0. The minimum Gasteiger partial charge on any atom is -0.342 e. The van der Waals surface area contributed by atoms with E-state index in [1.54, 1.807) is 18.5 Å². The lowest BCUT2D eigenvalue weighted by Gasteiger charge is -2.23. The Morgan fingerprint density at radius 1 is 1.22 bits per heavy atom. The maximum atomic E-state index is 12.3. The molecule has 98 valence electrons. The van der Waals surface area contributed by atoms with Crippen molar-refractivity contribution >= 4 is 17.7 Å². The molecule has 2 rings (SSSR count). The number of thioether (sulfide) groups is 1. The van der Waals surface area contributed by atoms with Gasteiger partial charge in [-0.15, -0.1) is 0 Å². The topological polar surface area (TPSA) is 46.1 Å². The van der Waals surface area contributed by atoms with Crippen LogP contribution in [0.5, 0.6) is 0 Å². The van der Waals surface area contributed by atoms with Gasteiger partial charge in [0.25, 0.3) is 0 Å². The number of carbonyl (C=O) groups excluding carboxylic acids is 1. The first kappa shape index (κ1) is 13.3. The second-order valence-corrected chi connectivity index (χ2v) is 5.84. The third-order valence-electron chi connectivity index (χ3n) is 3.09. The van der Waals surface area contributed by atoms with Crippen LogP contribution >= 0.6 is 11.8 Å². The number of amides is 1. The van der Waals surface area contributed by atoms with E-state index in [1.165, 1.54) is 24.6 Å². The molecule has 1 amide bonds. The zero-order chi connectivity index (χ0) is 12.8. The lowest BCUT2D eigenvalue weighted by Crippen LogP contribution is -2.37. The molecule has 0 N–H and O–H groups in total. The van der Waals surface area contributed by atoms with E-state index in [1.807, 2.05) is 11.8 Å². The lowest BCUT2D eigenvalue weighted by atomic mass is 10.2. The second kappa shape index (κ2) is 6.73. The monoisotopic (exact) mass is 265 g/mol. The molecule has 1 atom stereocenters. The Hall–Kier alpha value is -1.10. The molecule has 0 saturated carbocycles. The molecule has 1 aliphatic heterocycles. The summed E-state index contributed by atoms with van der Waals surface area (Å²) < 4.78 is 0. The molecular weight excluding hydrogens is 246 g/mol. The molecule has 0 radical (unpaired) electrons. The third kappa shape index (κ3) is 3.70. The molecule has 1 aromatic rings. The minimum atomic E-state index is -0.106. The van der Waals surface area contributed by atoms with Gasteiger partial charge in [-0.3, -0.25) is 4.79 Å². The molecule has 1 aliphatic rings. The van der Waals surface area contributed by atoms with Crippen LogP contribution in [-0.2, 0) is 4.79 Å². The SMILES string of the molecule is C[C@@H](Sc1ncccn1)C(=O)N1CCCCCC1. The summed E-state index contributed by atoms with van der Waals surface area (Å²) in [6.07, 6.45) is 8.16. The Kier molecular flexibility index (Phi) is 4.99. The first-order valence-corrected chi connectivity index (χ1v) is 7.38. The normalized spacial score (nSPS) is 18.2. The van der Waals surface area contributed by atoms with E-state index < -0.39 is 0 Å². The summed E-state index contributed by atoms with van der Waals surface area (Å²) in [4.78, 5) is 22.6.